The minimum absolute atomic E-state index is 0.106. The number of aliphatic hydroxyl groups is 3. The maximum absolute atomic E-state index is 12.7. The zero-order chi connectivity index (χ0) is 29.5. The van der Waals surface area contributed by atoms with Crippen LogP contribution in [-0.2, 0) is 28.9 Å². The Hall–Kier alpha value is -3.61. The van der Waals surface area contributed by atoms with Gasteiger partial charge in [0.15, 0.2) is 6.10 Å². The molecular weight excluding hydrogens is 518 g/mol. The SMILES string of the molecule is CCOC(Cc1ccc(OCCn2c(CC)nc(-c3ccccc3)cc2=O)cc1)C(=O)O.NC(CO)(CO)CO. The third-order valence-electron chi connectivity index (χ3n) is 5.99. The van der Waals surface area contributed by atoms with Crippen LogP contribution in [0.2, 0.25) is 0 Å². The lowest BCUT2D eigenvalue weighted by atomic mass is 10.1. The summed E-state index contributed by atoms with van der Waals surface area (Å²) < 4.78 is 12.7. The van der Waals surface area contributed by atoms with Crippen molar-refractivity contribution in [1.29, 1.82) is 0 Å². The molecule has 0 radical (unpaired) electrons. The molecule has 0 amide bonds. The highest BCUT2D eigenvalue weighted by atomic mass is 16.5. The Balaban J connectivity index is 0.000000611. The van der Waals surface area contributed by atoms with Crippen LogP contribution in [0, 0.1) is 0 Å². The average molecular weight is 558 g/mol. The monoisotopic (exact) mass is 557 g/mol. The number of carbonyl (C=O) groups is 1. The van der Waals surface area contributed by atoms with Gasteiger partial charge in [-0.1, -0.05) is 49.4 Å². The second-order valence-corrected chi connectivity index (χ2v) is 9.08. The maximum atomic E-state index is 12.7. The molecule has 0 saturated heterocycles. The number of benzene rings is 2. The first-order chi connectivity index (χ1) is 19.2. The Morgan fingerprint density at radius 1 is 1.02 bits per heavy atom. The molecule has 1 aromatic heterocycles. The van der Waals surface area contributed by atoms with E-state index in [9.17, 15) is 14.7 Å². The zero-order valence-electron chi connectivity index (χ0n) is 22.9. The van der Waals surface area contributed by atoms with Crippen molar-refractivity contribution >= 4 is 5.97 Å². The van der Waals surface area contributed by atoms with Crippen LogP contribution in [0.15, 0.2) is 65.5 Å². The summed E-state index contributed by atoms with van der Waals surface area (Å²) in [7, 11) is 0. The lowest BCUT2D eigenvalue weighted by Gasteiger charge is -2.20. The molecule has 0 bridgehead atoms. The standard InChI is InChI=1S/C25H28N2O5.C4H11NO3/c1-3-23-26-21(19-8-6-5-7-9-19)17-24(28)27(23)14-15-32-20-12-10-18(11-13-20)16-22(25(29)30)31-4-2;5-4(1-6,2-7)3-8/h5-13,17,22H,3-4,14-16H2,1-2H3,(H,29,30);6-8H,1-3,5H2. The number of rotatable bonds is 14. The van der Waals surface area contributed by atoms with Crippen molar-refractivity contribution in [3.05, 3.63) is 82.4 Å². The fraction of sp³-hybridized carbons (Fsp3) is 0.414. The third-order valence-corrected chi connectivity index (χ3v) is 5.99. The minimum Gasteiger partial charge on any atom is -0.492 e. The number of hydrogen-bond acceptors (Lipinski definition) is 9. The van der Waals surface area contributed by atoms with E-state index in [0.717, 1.165) is 11.1 Å². The smallest absolute Gasteiger partial charge is 0.333 e. The van der Waals surface area contributed by atoms with Gasteiger partial charge in [-0.2, -0.15) is 0 Å². The van der Waals surface area contributed by atoms with Crippen LogP contribution in [0.1, 0.15) is 25.2 Å². The Morgan fingerprint density at radius 2 is 1.65 bits per heavy atom. The molecule has 0 aliphatic heterocycles. The number of carboxylic acid groups (broad SMARTS) is 1. The van der Waals surface area contributed by atoms with Gasteiger partial charge in [0, 0.05) is 31.1 Å². The fourth-order valence-corrected chi connectivity index (χ4v) is 3.58. The van der Waals surface area contributed by atoms with Gasteiger partial charge in [0.25, 0.3) is 5.56 Å². The van der Waals surface area contributed by atoms with Crippen molar-refractivity contribution in [3.63, 3.8) is 0 Å². The number of hydrogen-bond donors (Lipinski definition) is 5. The minimum atomic E-state index is -1.21. The highest BCUT2D eigenvalue weighted by molar-refractivity contribution is 5.72. The third kappa shape index (κ3) is 9.85. The molecule has 3 rings (SSSR count). The molecule has 0 fully saturated rings. The van der Waals surface area contributed by atoms with Gasteiger partial charge in [-0.05, 0) is 24.6 Å². The zero-order valence-corrected chi connectivity index (χ0v) is 22.9. The number of aryl methyl sites for hydroxylation is 1. The summed E-state index contributed by atoms with van der Waals surface area (Å²) in [4.78, 5) is 28.6. The van der Waals surface area contributed by atoms with Gasteiger partial charge >= 0.3 is 5.97 Å². The summed E-state index contributed by atoms with van der Waals surface area (Å²) in [5, 5.41) is 34.2. The summed E-state index contributed by atoms with van der Waals surface area (Å²) in [6, 6.07) is 18.4. The van der Waals surface area contributed by atoms with E-state index in [4.69, 9.17) is 30.5 Å². The Bertz CT molecular complexity index is 1220. The molecule has 2 aromatic carbocycles. The largest absolute Gasteiger partial charge is 0.492 e. The molecule has 0 spiro atoms. The molecule has 11 nitrogen and oxygen atoms in total. The van der Waals surface area contributed by atoms with Crippen molar-refractivity contribution in [2.24, 2.45) is 5.73 Å². The van der Waals surface area contributed by atoms with Crippen LogP contribution >= 0.6 is 0 Å². The Morgan fingerprint density at radius 3 is 2.15 bits per heavy atom. The van der Waals surface area contributed by atoms with Crippen LogP contribution < -0.4 is 16.0 Å². The molecule has 1 heterocycles. The highest BCUT2D eigenvalue weighted by Crippen LogP contribution is 2.16. The van der Waals surface area contributed by atoms with E-state index in [1.807, 2.05) is 49.4 Å². The van der Waals surface area contributed by atoms with Crippen molar-refractivity contribution < 1.29 is 34.7 Å². The van der Waals surface area contributed by atoms with Gasteiger partial charge in [0.05, 0.1) is 37.6 Å². The van der Waals surface area contributed by atoms with Crippen molar-refractivity contribution in [3.8, 4) is 17.0 Å². The molecule has 40 heavy (non-hydrogen) atoms. The average Bonchev–Trinajstić information content (AvgIpc) is 2.98. The van der Waals surface area contributed by atoms with Crippen LogP contribution in [-0.4, -0.2) is 80.6 Å². The predicted molar refractivity (Wildman–Crippen MR) is 150 cm³/mol. The number of carboxylic acids is 1. The van der Waals surface area contributed by atoms with E-state index in [0.29, 0.717) is 43.4 Å². The molecule has 1 unspecified atom stereocenters. The van der Waals surface area contributed by atoms with E-state index >= 15 is 0 Å². The van der Waals surface area contributed by atoms with Crippen LogP contribution in [0.25, 0.3) is 11.3 Å². The van der Waals surface area contributed by atoms with Crippen molar-refractivity contribution in [1.82, 2.24) is 9.55 Å². The summed E-state index contributed by atoms with van der Waals surface area (Å²) >= 11 is 0. The molecule has 0 aliphatic rings. The normalized spacial score (nSPS) is 11.8. The summed E-state index contributed by atoms with van der Waals surface area (Å²) in [6.07, 6.45) is 0.0605. The molecule has 1 atom stereocenters. The second-order valence-electron chi connectivity index (χ2n) is 9.08. The van der Waals surface area contributed by atoms with E-state index in [-0.39, 0.29) is 12.0 Å². The highest BCUT2D eigenvalue weighted by Gasteiger charge is 2.21. The first-order valence-corrected chi connectivity index (χ1v) is 13.0. The van der Waals surface area contributed by atoms with Crippen molar-refractivity contribution in [2.45, 2.75) is 44.9 Å². The lowest BCUT2D eigenvalue weighted by molar-refractivity contribution is -0.149. The summed E-state index contributed by atoms with van der Waals surface area (Å²) in [5.74, 6) is 0.388. The van der Waals surface area contributed by atoms with Crippen LogP contribution in [0.5, 0.6) is 5.75 Å². The second kappa shape index (κ2) is 16.5. The van der Waals surface area contributed by atoms with E-state index in [1.165, 1.54) is 0 Å². The van der Waals surface area contributed by atoms with Crippen molar-refractivity contribution in [2.75, 3.05) is 33.0 Å². The van der Waals surface area contributed by atoms with Crippen LogP contribution in [0.4, 0.5) is 0 Å². The molecule has 6 N–H and O–H groups in total. The van der Waals surface area contributed by atoms with E-state index in [1.54, 1.807) is 29.7 Å². The van der Waals surface area contributed by atoms with Gasteiger partial charge in [0.2, 0.25) is 0 Å². The topological polar surface area (TPSA) is 177 Å². The molecule has 11 heteroatoms. The molecule has 0 saturated carbocycles. The van der Waals surface area contributed by atoms with E-state index in [2.05, 4.69) is 4.98 Å². The van der Waals surface area contributed by atoms with Gasteiger partial charge in [-0.3, -0.25) is 9.36 Å². The number of nitrogens with two attached hydrogens (primary N) is 1. The number of aromatic nitrogens is 2. The lowest BCUT2D eigenvalue weighted by Crippen LogP contribution is -2.50. The number of aliphatic hydroxyl groups excluding tert-OH is 3. The Labute approximate surface area is 233 Å². The van der Waals surface area contributed by atoms with Gasteiger partial charge in [-0.25, -0.2) is 9.78 Å². The maximum Gasteiger partial charge on any atom is 0.333 e. The first kappa shape index (κ1) is 32.6. The molecular formula is C29H39N3O8. The van der Waals surface area contributed by atoms with Crippen LogP contribution in [0.3, 0.4) is 0 Å². The quantitative estimate of drug-likeness (QED) is 0.194. The first-order valence-electron chi connectivity index (χ1n) is 13.0. The van der Waals surface area contributed by atoms with Gasteiger partial charge < -0.3 is 35.6 Å². The van der Waals surface area contributed by atoms with E-state index < -0.39 is 37.4 Å². The number of nitrogens with zero attached hydrogens (tertiary/aromatic N) is 2. The molecule has 0 aliphatic carbocycles. The predicted octanol–water partition coefficient (Wildman–Crippen LogP) is 1.24. The summed E-state index contributed by atoms with van der Waals surface area (Å²) in [6.45, 7) is 3.58. The van der Waals surface area contributed by atoms with Gasteiger partial charge in [0.1, 0.15) is 18.2 Å². The Kier molecular flexibility index (Phi) is 13.4. The molecule has 218 valence electrons. The summed E-state index contributed by atoms with van der Waals surface area (Å²) in [5.41, 5.74) is 6.27. The van der Waals surface area contributed by atoms with Gasteiger partial charge in [-0.15, -0.1) is 0 Å². The number of aliphatic carboxylic acids is 1. The number of ether oxygens (including phenoxy) is 2. The fourth-order valence-electron chi connectivity index (χ4n) is 3.58. The molecule has 3 aromatic rings.